The summed E-state index contributed by atoms with van der Waals surface area (Å²) in [6.45, 7) is 7.34. The van der Waals surface area contributed by atoms with E-state index in [-0.39, 0.29) is 29.7 Å². The topological polar surface area (TPSA) is 52.6 Å². The van der Waals surface area contributed by atoms with Crippen molar-refractivity contribution >= 4 is 11.8 Å². The van der Waals surface area contributed by atoms with Gasteiger partial charge in [-0.05, 0) is 19.4 Å². The van der Waals surface area contributed by atoms with Gasteiger partial charge < -0.3 is 9.47 Å². The predicted molar refractivity (Wildman–Crippen MR) is 65.6 cm³/mol. The predicted octanol–water partition coefficient (Wildman–Crippen LogP) is 2.08. The summed E-state index contributed by atoms with van der Waals surface area (Å²) >= 11 is 0. The maximum absolute atomic E-state index is 12.1. The Balaban J connectivity index is 2.19. The number of fused-ring (bicyclic) bond motifs is 2. The Morgan fingerprint density at radius 1 is 1.56 bits per heavy atom. The highest BCUT2D eigenvalue weighted by atomic mass is 16.7. The molecule has 0 spiro atoms. The maximum atomic E-state index is 12.1. The van der Waals surface area contributed by atoms with E-state index in [9.17, 15) is 9.59 Å². The monoisotopic (exact) mass is 252 g/mol. The molecule has 4 nitrogen and oxygen atoms in total. The molecule has 0 aliphatic carbocycles. The molecule has 18 heavy (non-hydrogen) atoms. The van der Waals surface area contributed by atoms with Gasteiger partial charge in [0.15, 0.2) is 0 Å². The molecule has 0 radical (unpaired) electrons. The van der Waals surface area contributed by atoms with Crippen LogP contribution in [0.2, 0.25) is 0 Å². The smallest absolute Gasteiger partial charge is 0.311 e. The molecule has 5 atom stereocenters. The van der Waals surface area contributed by atoms with Crippen LogP contribution in [-0.2, 0) is 19.1 Å². The van der Waals surface area contributed by atoms with Gasteiger partial charge >= 0.3 is 5.97 Å². The molecule has 0 aromatic carbocycles. The lowest BCUT2D eigenvalue weighted by atomic mass is 9.86. The van der Waals surface area contributed by atoms with Crippen LogP contribution in [0.1, 0.15) is 34.1 Å². The quantitative estimate of drug-likeness (QED) is 0.570. The van der Waals surface area contributed by atoms with E-state index in [1.54, 1.807) is 13.0 Å². The third-order valence-electron chi connectivity index (χ3n) is 4.09. The number of hydrogen-bond acceptors (Lipinski definition) is 4. The van der Waals surface area contributed by atoms with Gasteiger partial charge in [-0.3, -0.25) is 9.59 Å². The molecule has 0 amide bonds. The van der Waals surface area contributed by atoms with Crippen molar-refractivity contribution in [3.8, 4) is 0 Å². The number of Topliss-reactive ketones (excluding diaryl/α,β-unsaturated/α-hetero) is 1. The van der Waals surface area contributed by atoms with E-state index >= 15 is 0 Å². The van der Waals surface area contributed by atoms with Gasteiger partial charge in [0.05, 0.1) is 17.9 Å². The average molecular weight is 252 g/mol. The van der Waals surface area contributed by atoms with Crippen molar-refractivity contribution in [2.75, 3.05) is 0 Å². The highest BCUT2D eigenvalue weighted by Crippen LogP contribution is 2.42. The summed E-state index contributed by atoms with van der Waals surface area (Å²) in [5.41, 5.74) is 0. The average Bonchev–Trinajstić information content (AvgIpc) is 2.76. The third-order valence-corrected chi connectivity index (χ3v) is 4.09. The molecule has 2 heterocycles. The number of carbonyl (C=O) groups excluding carboxylic acids is 2. The lowest BCUT2D eigenvalue weighted by Crippen LogP contribution is -2.52. The van der Waals surface area contributed by atoms with Gasteiger partial charge in [0.1, 0.15) is 5.78 Å². The number of ketones is 1. The molecule has 2 rings (SSSR count). The van der Waals surface area contributed by atoms with Crippen molar-refractivity contribution < 1.29 is 19.1 Å². The van der Waals surface area contributed by atoms with Gasteiger partial charge in [-0.1, -0.05) is 26.8 Å². The second-order valence-electron chi connectivity index (χ2n) is 5.31. The second kappa shape index (κ2) is 4.50. The molecule has 1 fully saturated rings. The Morgan fingerprint density at radius 3 is 2.83 bits per heavy atom. The summed E-state index contributed by atoms with van der Waals surface area (Å²) in [5.74, 6) is -2.19. The SMILES string of the molecule is CC[C@H](C)C(=O)O[C@@]12C=C[C@H](O1)[C@H](C)C(=O)[C@@H]2C. The minimum atomic E-state index is -1.17. The zero-order chi connectivity index (χ0) is 13.5. The molecule has 4 heteroatoms. The van der Waals surface area contributed by atoms with Crippen molar-refractivity contribution in [1.82, 2.24) is 0 Å². The van der Waals surface area contributed by atoms with Crippen LogP contribution in [0.5, 0.6) is 0 Å². The van der Waals surface area contributed by atoms with E-state index in [0.717, 1.165) is 0 Å². The first kappa shape index (κ1) is 13.3. The molecular weight excluding hydrogens is 232 g/mol. The lowest BCUT2D eigenvalue weighted by molar-refractivity contribution is -0.248. The van der Waals surface area contributed by atoms with E-state index in [1.807, 2.05) is 26.8 Å². The van der Waals surface area contributed by atoms with E-state index in [0.29, 0.717) is 6.42 Å². The van der Waals surface area contributed by atoms with E-state index < -0.39 is 11.7 Å². The van der Waals surface area contributed by atoms with Crippen molar-refractivity contribution in [3.05, 3.63) is 12.2 Å². The van der Waals surface area contributed by atoms with Gasteiger partial charge in [-0.2, -0.15) is 0 Å². The summed E-state index contributed by atoms with van der Waals surface area (Å²) in [7, 11) is 0. The number of esters is 1. The Bertz CT molecular complexity index is 401. The summed E-state index contributed by atoms with van der Waals surface area (Å²) in [5, 5.41) is 0. The highest BCUT2D eigenvalue weighted by Gasteiger charge is 2.55. The van der Waals surface area contributed by atoms with Crippen LogP contribution >= 0.6 is 0 Å². The second-order valence-corrected chi connectivity index (χ2v) is 5.31. The molecule has 0 unspecified atom stereocenters. The first-order chi connectivity index (χ1) is 8.41. The number of rotatable bonds is 3. The fraction of sp³-hybridized carbons (Fsp3) is 0.714. The largest absolute Gasteiger partial charge is 0.428 e. The van der Waals surface area contributed by atoms with E-state index in [2.05, 4.69) is 0 Å². The van der Waals surface area contributed by atoms with Crippen molar-refractivity contribution in [2.45, 2.75) is 46.0 Å². The van der Waals surface area contributed by atoms with Gasteiger partial charge in [0.25, 0.3) is 0 Å². The highest BCUT2D eigenvalue weighted by molar-refractivity contribution is 5.87. The summed E-state index contributed by atoms with van der Waals surface area (Å²) < 4.78 is 11.3. The molecule has 0 N–H and O–H groups in total. The molecule has 0 saturated carbocycles. The Morgan fingerprint density at radius 2 is 2.22 bits per heavy atom. The molecule has 2 aliphatic rings. The molecule has 2 aliphatic heterocycles. The molecule has 0 aromatic rings. The molecule has 0 aromatic heterocycles. The lowest BCUT2D eigenvalue weighted by Gasteiger charge is -2.40. The van der Waals surface area contributed by atoms with Crippen LogP contribution in [-0.4, -0.2) is 23.6 Å². The minimum Gasteiger partial charge on any atom is -0.428 e. The van der Waals surface area contributed by atoms with Crippen LogP contribution in [0.4, 0.5) is 0 Å². The normalized spacial score (nSPS) is 39.8. The number of ether oxygens (including phenoxy) is 2. The summed E-state index contributed by atoms with van der Waals surface area (Å²) in [6, 6.07) is 0. The number of carbonyl (C=O) groups is 2. The van der Waals surface area contributed by atoms with Crippen LogP contribution in [0.3, 0.4) is 0 Å². The van der Waals surface area contributed by atoms with Crippen molar-refractivity contribution in [2.24, 2.45) is 17.8 Å². The molecular formula is C14H20O4. The summed E-state index contributed by atoms with van der Waals surface area (Å²) in [6.07, 6.45) is 4.00. The number of hydrogen-bond donors (Lipinski definition) is 0. The zero-order valence-electron chi connectivity index (χ0n) is 11.3. The standard InChI is InChI=1S/C14H20O4/c1-5-8(2)13(16)18-14-7-6-11(17-14)9(3)12(15)10(14)4/h6-11H,5H2,1-4H3/t8-,9-,10-,11-,14+/m0/s1. The van der Waals surface area contributed by atoms with Crippen LogP contribution in [0, 0.1) is 17.8 Å². The van der Waals surface area contributed by atoms with Gasteiger partial charge in [-0.15, -0.1) is 0 Å². The molecule has 100 valence electrons. The van der Waals surface area contributed by atoms with E-state index in [1.165, 1.54) is 0 Å². The van der Waals surface area contributed by atoms with E-state index in [4.69, 9.17) is 9.47 Å². The minimum absolute atomic E-state index is 0.0909. The van der Waals surface area contributed by atoms with Crippen molar-refractivity contribution in [1.29, 1.82) is 0 Å². The van der Waals surface area contributed by atoms with Crippen molar-refractivity contribution in [3.63, 3.8) is 0 Å². The fourth-order valence-corrected chi connectivity index (χ4v) is 2.36. The van der Waals surface area contributed by atoms with Crippen LogP contribution < -0.4 is 0 Å². The Hall–Kier alpha value is -1.16. The van der Waals surface area contributed by atoms with Gasteiger partial charge in [-0.25, -0.2) is 0 Å². The van der Waals surface area contributed by atoms with Gasteiger partial charge in [0.2, 0.25) is 5.79 Å². The summed E-state index contributed by atoms with van der Waals surface area (Å²) in [4.78, 5) is 24.0. The van der Waals surface area contributed by atoms with Crippen LogP contribution in [0.25, 0.3) is 0 Å². The molecule has 2 bridgehead atoms. The Kier molecular flexibility index (Phi) is 3.32. The first-order valence-corrected chi connectivity index (χ1v) is 6.55. The van der Waals surface area contributed by atoms with Crippen LogP contribution in [0.15, 0.2) is 12.2 Å². The molecule has 1 saturated heterocycles. The van der Waals surface area contributed by atoms with Gasteiger partial charge in [0, 0.05) is 5.92 Å². The Labute approximate surface area is 107 Å². The first-order valence-electron chi connectivity index (χ1n) is 6.55. The maximum Gasteiger partial charge on any atom is 0.311 e. The zero-order valence-corrected chi connectivity index (χ0v) is 11.3. The fourth-order valence-electron chi connectivity index (χ4n) is 2.36. The third kappa shape index (κ3) is 1.88.